The van der Waals surface area contributed by atoms with Crippen LogP contribution in [0.3, 0.4) is 0 Å². The van der Waals surface area contributed by atoms with Gasteiger partial charge in [-0.1, -0.05) is 23.4 Å². The van der Waals surface area contributed by atoms with Crippen molar-refractivity contribution in [2.24, 2.45) is 7.05 Å². The van der Waals surface area contributed by atoms with Crippen molar-refractivity contribution >= 4 is 27.6 Å². The van der Waals surface area contributed by atoms with Gasteiger partial charge in [-0.3, -0.25) is 4.79 Å². The Labute approximate surface area is 159 Å². The molecule has 7 nitrogen and oxygen atoms in total. The number of fused-ring (bicyclic) bond motifs is 2. The SMILES string of the molecule is COc1ccc2c(c1)c(C(=O)c1nc(-c3c[nH]c4ccccc34)no1)cn2C. The summed E-state index contributed by atoms with van der Waals surface area (Å²) in [7, 11) is 3.48. The first-order valence-corrected chi connectivity index (χ1v) is 8.73. The van der Waals surface area contributed by atoms with Crippen LogP contribution in [0.25, 0.3) is 33.2 Å². The smallest absolute Gasteiger partial charge is 0.299 e. The number of aromatic nitrogens is 4. The molecular formula is C21H16N4O3. The number of carbonyl (C=O) groups is 1. The predicted octanol–water partition coefficient (Wildman–Crippen LogP) is 3.95. The second-order valence-electron chi connectivity index (χ2n) is 6.54. The highest BCUT2D eigenvalue weighted by Gasteiger charge is 2.23. The number of benzene rings is 2. The lowest BCUT2D eigenvalue weighted by atomic mass is 10.1. The Hall–Kier alpha value is -3.87. The minimum atomic E-state index is -0.322. The van der Waals surface area contributed by atoms with E-state index in [1.807, 2.05) is 60.3 Å². The molecule has 3 heterocycles. The number of hydrogen-bond acceptors (Lipinski definition) is 5. The fourth-order valence-corrected chi connectivity index (χ4v) is 3.48. The Bertz CT molecular complexity index is 1340. The van der Waals surface area contributed by atoms with E-state index in [1.165, 1.54) is 0 Å². The van der Waals surface area contributed by atoms with E-state index in [4.69, 9.17) is 9.26 Å². The summed E-state index contributed by atoms with van der Waals surface area (Å²) in [5.41, 5.74) is 3.17. The second-order valence-corrected chi connectivity index (χ2v) is 6.54. The maximum Gasteiger partial charge on any atom is 0.299 e. The molecule has 7 heteroatoms. The van der Waals surface area contributed by atoms with Crippen molar-refractivity contribution in [2.75, 3.05) is 7.11 Å². The van der Waals surface area contributed by atoms with E-state index in [9.17, 15) is 4.79 Å². The maximum atomic E-state index is 13.1. The van der Waals surface area contributed by atoms with Crippen LogP contribution in [-0.2, 0) is 7.05 Å². The minimum absolute atomic E-state index is 0.0457. The molecule has 138 valence electrons. The van der Waals surface area contributed by atoms with Crippen LogP contribution < -0.4 is 4.74 Å². The Morgan fingerprint density at radius 2 is 2.04 bits per heavy atom. The van der Waals surface area contributed by atoms with Gasteiger partial charge in [-0.25, -0.2) is 0 Å². The van der Waals surface area contributed by atoms with Crippen molar-refractivity contribution in [1.29, 1.82) is 0 Å². The van der Waals surface area contributed by atoms with Crippen molar-refractivity contribution in [3.05, 3.63) is 66.3 Å². The van der Waals surface area contributed by atoms with Crippen LogP contribution in [0.15, 0.2) is 59.4 Å². The van der Waals surface area contributed by atoms with Gasteiger partial charge >= 0.3 is 0 Å². The largest absolute Gasteiger partial charge is 0.497 e. The van der Waals surface area contributed by atoms with Gasteiger partial charge in [0.25, 0.3) is 11.7 Å². The summed E-state index contributed by atoms with van der Waals surface area (Å²) in [6.45, 7) is 0. The Morgan fingerprint density at radius 3 is 2.89 bits per heavy atom. The third kappa shape index (κ3) is 2.40. The van der Waals surface area contributed by atoms with Gasteiger partial charge in [-0.15, -0.1) is 0 Å². The third-order valence-electron chi connectivity index (χ3n) is 4.89. The lowest BCUT2D eigenvalue weighted by Gasteiger charge is -2.01. The van der Waals surface area contributed by atoms with Gasteiger partial charge in [0, 0.05) is 46.8 Å². The fraction of sp³-hybridized carbons (Fsp3) is 0.0952. The van der Waals surface area contributed by atoms with Crippen LogP contribution in [0.2, 0.25) is 0 Å². The number of carbonyl (C=O) groups excluding carboxylic acids is 1. The average molecular weight is 372 g/mol. The van der Waals surface area contributed by atoms with E-state index in [2.05, 4.69) is 15.1 Å². The minimum Gasteiger partial charge on any atom is -0.497 e. The van der Waals surface area contributed by atoms with Gasteiger partial charge in [0.05, 0.1) is 12.7 Å². The van der Waals surface area contributed by atoms with E-state index < -0.39 is 0 Å². The van der Waals surface area contributed by atoms with E-state index in [-0.39, 0.29) is 11.7 Å². The number of hydrogen-bond donors (Lipinski definition) is 1. The number of para-hydroxylation sites is 1. The van der Waals surface area contributed by atoms with E-state index in [1.54, 1.807) is 13.3 Å². The quantitative estimate of drug-likeness (QED) is 0.483. The Kier molecular flexibility index (Phi) is 3.55. The molecule has 0 unspecified atom stereocenters. The molecular weight excluding hydrogens is 356 g/mol. The predicted molar refractivity (Wildman–Crippen MR) is 104 cm³/mol. The number of aromatic amines is 1. The maximum absolute atomic E-state index is 13.1. The summed E-state index contributed by atoms with van der Waals surface area (Å²) in [6.07, 6.45) is 3.58. The number of ketones is 1. The van der Waals surface area contributed by atoms with Gasteiger partial charge in [0.2, 0.25) is 5.82 Å². The lowest BCUT2D eigenvalue weighted by Crippen LogP contribution is -2.01. The number of rotatable bonds is 4. The van der Waals surface area contributed by atoms with Crippen LogP contribution in [-0.4, -0.2) is 32.6 Å². The van der Waals surface area contributed by atoms with E-state index in [0.29, 0.717) is 17.1 Å². The van der Waals surface area contributed by atoms with Gasteiger partial charge in [0.1, 0.15) is 5.75 Å². The number of nitrogens with zero attached hydrogens (tertiary/aromatic N) is 3. The third-order valence-corrected chi connectivity index (χ3v) is 4.89. The van der Waals surface area contributed by atoms with Crippen molar-refractivity contribution in [2.45, 2.75) is 0 Å². The first kappa shape index (κ1) is 16.3. The molecule has 0 aliphatic heterocycles. The van der Waals surface area contributed by atoms with Crippen LogP contribution in [0, 0.1) is 0 Å². The molecule has 0 atom stereocenters. The molecule has 2 aromatic carbocycles. The van der Waals surface area contributed by atoms with Crippen molar-refractivity contribution in [3.8, 4) is 17.1 Å². The summed E-state index contributed by atoms with van der Waals surface area (Å²) < 4.78 is 12.5. The fourth-order valence-electron chi connectivity index (χ4n) is 3.48. The normalized spacial score (nSPS) is 11.4. The zero-order valence-corrected chi connectivity index (χ0v) is 15.3. The van der Waals surface area contributed by atoms with Crippen LogP contribution in [0.5, 0.6) is 5.75 Å². The van der Waals surface area contributed by atoms with Crippen LogP contribution in [0.1, 0.15) is 16.2 Å². The van der Waals surface area contributed by atoms with E-state index in [0.717, 1.165) is 27.4 Å². The second kappa shape index (κ2) is 6.09. The summed E-state index contributed by atoms with van der Waals surface area (Å²) >= 11 is 0. The number of aryl methyl sites for hydroxylation is 1. The molecule has 0 fully saturated rings. The number of ether oxygens (including phenoxy) is 1. The highest BCUT2D eigenvalue weighted by atomic mass is 16.5. The molecule has 1 N–H and O–H groups in total. The first-order chi connectivity index (χ1) is 13.7. The van der Waals surface area contributed by atoms with Gasteiger partial charge in [-0.2, -0.15) is 4.98 Å². The van der Waals surface area contributed by atoms with E-state index >= 15 is 0 Å². The standard InChI is InChI=1S/C21H16N4O3/c1-25-11-16(14-9-12(27-2)7-8-18(14)25)19(26)21-23-20(24-28-21)15-10-22-17-6-4-3-5-13(15)17/h3-11,22H,1-2H3. The highest BCUT2D eigenvalue weighted by Crippen LogP contribution is 2.29. The molecule has 0 aliphatic rings. The molecule has 0 saturated heterocycles. The van der Waals surface area contributed by atoms with Gasteiger partial charge < -0.3 is 18.8 Å². The molecule has 0 amide bonds. The molecule has 28 heavy (non-hydrogen) atoms. The molecule has 0 bridgehead atoms. The topological polar surface area (TPSA) is 85.9 Å². The van der Waals surface area contributed by atoms with Gasteiger partial charge in [0.15, 0.2) is 0 Å². The summed E-state index contributed by atoms with van der Waals surface area (Å²) in [5, 5.41) is 5.76. The molecule has 5 aromatic rings. The lowest BCUT2D eigenvalue weighted by molar-refractivity contribution is 0.0995. The molecule has 5 rings (SSSR count). The van der Waals surface area contributed by atoms with Crippen molar-refractivity contribution < 1.29 is 14.1 Å². The van der Waals surface area contributed by atoms with Crippen LogP contribution >= 0.6 is 0 Å². The number of nitrogens with one attached hydrogen (secondary N) is 1. The zero-order chi connectivity index (χ0) is 19.3. The van der Waals surface area contributed by atoms with Crippen molar-refractivity contribution in [3.63, 3.8) is 0 Å². The number of methoxy groups -OCH3 is 1. The van der Waals surface area contributed by atoms with Gasteiger partial charge in [-0.05, 0) is 24.3 Å². The molecule has 0 aliphatic carbocycles. The summed E-state index contributed by atoms with van der Waals surface area (Å²) in [4.78, 5) is 20.6. The molecule has 0 saturated carbocycles. The zero-order valence-electron chi connectivity index (χ0n) is 15.3. The first-order valence-electron chi connectivity index (χ1n) is 8.73. The Balaban J connectivity index is 1.58. The summed E-state index contributed by atoms with van der Waals surface area (Å²) in [6, 6.07) is 13.4. The van der Waals surface area contributed by atoms with Crippen molar-refractivity contribution in [1.82, 2.24) is 19.7 Å². The highest BCUT2D eigenvalue weighted by molar-refractivity contribution is 6.14. The molecule has 0 spiro atoms. The molecule has 3 aromatic heterocycles. The monoisotopic (exact) mass is 372 g/mol. The number of H-pyrrole nitrogens is 1. The molecule has 0 radical (unpaired) electrons. The Morgan fingerprint density at radius 1 is 1.18 bits per heavy atom. The van der Waals surface area contributed by atoms with Crippen LogP contribution in [0.4, 0.5) is 0 Å². The average Bonchev–Trinajstić information content (AvgIpc) is 3.44. The summed E-state index contributed by atoms with van der Waals surface area (Å²) in [5.74, 6) is 0.685.